The van der Waals surface area contributed by atoms with Crippen molar-refractivity contribution in [3.63, 3.8) is 0 Å². The van der Waals surface area contributed by atoms with Gasteiger partial charge >= 0.3 is 0 Å². The van der Waals surface area contributed by atoms with Crippen LogP contribution in [0.5, 0.6) is 11.5 Å². The molecule has 0 bridgehead atoms. The topological polar surface area (TPSA) is 44.9 Å². The van der Waals surface area contributed by atoms with Crippen molar-refractivity contribution in [3.8, 4) is 34.1 Å². The maximum atomic E-state index is 6.57. The maximum absolute atomic E-state index is 6.57. The largest absolute Gasteiger partial charge is 0.457 e. The molecular formula is C43H44N4O. The highest BCUT2D eigenvalue weighted by molar-refractivity contribution is 6.09. The van der Waals surface area contributed by atoms with Gasteiger partial charge < -0.3 is 4.74 Å². The van der Waals surface area contributed by atoms with E-state index in [1.54, 1.807) is 0 Å². The minimum absolute atomic E-state index is 0.444. The molecule has 7 rings (SSSR count). The number of nitrogens with zero attached hydrogens (tertiary/aromatic N) is 4. The molecule has 5 nitrogen and oxygen atoms in total. The minimum atomic E-state index is 0.444. The number of hydrogen-bond donors (Lipinski definition) is 0. The molecule has 0 aliphatic heterocycles. The SMILES string of the molecule is Cc1ccnc(-n2c3ccccc3c3ccc(Oc4cccc(-n5nc(C)c(-c6c(C)c(C(C)C)cc(C(C)C)c6C)c5C)c4)cc32)c1. The zero-order valence-electron chi connectivity index (χ0n) is 29.5. The summed E-state index contributed by atoms with van der Waals surface area (Å²) in [6, 6.07) is 29.6. The van der Waals surface area contributed by atoms with Gasteiger partial charge in [0.25, 0.3) is 0 Å². The van der Waals surface area contributed by atoms with Gasteiger partial charge in [-0.3, -0.25) is 4.57 Å². The number of fused-ring (bicyclic) bond motifs is 3. The average molecular weight is 633 g/mol. The number of rotatable bonds is 7. The van der Waals surface area contributed by atoms with E-state index < -0.39 is 0 Å². The summed E-state index contributed by atoms with van der Waals surface area (Å²) in [5.74, 6) is 3.31. The quantitative estimate of drug-likeness (QED) is 0.176. The predicted octanol–water partition coefficient (Wildman–Crippen LogP) is 11.6. The molecule has 242 valence electrons. The summed E-state index contributed by atoms with van der Waals surface area (Å²) in [6.07, 6.45) is 1.87. The number of aryl methyl sites for hydroxylation is 2. The molecule has 7 aromatic rings. The van der Waals surface area contributed by atoms with E-state index in [1.165, 1.54) is 44.3 Å². The van der Waals surface area contributed by atoms with Crippen LogP contribution in [-0.4, -0.2) is 19.3 Å². The van der Waals surface area contributed by atoms with E-state index in [9.17, 15) is 0 Å². The van der Waals surface area contributed by atoms with E-state index in [2.05, 4.69) is 138 Å². The Morgan fingerprint density at radius 3 is 2.02 bits per heavy atom. The fourth-order valence-corrected chi connectivity index (χ4v) is 7.50. The van der Waals surface area contributed by atoms with E-state index in [1.807, 2.05) is 24.4 Å². The fraction of sp³-hybridized carbons (Fsp3) is 0.256. The van der Waals surface area contributed by atoms with Gasteiger partial charge in [-0.15, -0.1) is 0 Å². The lowest BCUT2D eigenvalue weighted by molar-refractivity contribution is 0.482. The van der Waals surface area contributed by atoms with Gasteiger partial charge in [0.05, 0.1) is 22.4 Å². The number of aromatic nitrogens is 4. The second kappa shape index (κ2) is 12.1. The van der Waals surface area contributed by atoms with Gasteiger partial charge in [-0.1, -0.05) is 58.0 Å². The van der Waals surface area contributed by atoms with Crippen molar-refractivity contribution in [3.05, 3.63) is 130 Å². The molecular weight excluding hydrogens is 589 g/mol. The lowest BCUT2D eigenvalue weighted by atomic mass is 9.82. The number of benzene rings is 4. The van der Waals surface area contributed by atoms with Crippen molar-refractivity contribution in [1.82, 2.24) is 19.3 Å². The molecule has 0 aliphatic carbocycles. The highest BCUT2D eigenvalue weighted by atomic mass is 16.5. The predicted molar refractivity (Wildman–Crippen MR) is 200 cm³/mol. The van der Waals surface area contributed by atoms with Crippen LogP contribution in [-0.2, 0) is 0 Å². The minimum Gasteiger partial charge on any atom is -0.457 e. The zero-order chi connectivity index (χ0) is 33.9. The first-order chi connectivity index (χ1) is 23.0. The van der Waals surface area contributed by atoms with Crippen LogP contribution in [0.1, 0.15) is 78.7 Å². The Balaban J connectivity index is 1.29. The molecule has 3 heterocycles. The first-order valence-electron chi connectivity index (χ1n) is 17.0. The van der Waals surface area contributed by atoms with E-state index in [0.29, 0.717) is 11.8 Å². The van der Waals surface area contributed by atoms with Crippen molar-refractivity contribution in [1.29, 1.82) is 0 Å². The normalized spacial score (nSPS) is 11.8. The van der Waals surface area contributed by atoms with Crippen LogP contribution in [0.15, 0.2) is 91.1 Å². The van der Waals surface area contributed by atoms with E-state index in [0.717, 1.165) is 50.8 Å². The Labute approximate surface area is 283 Å². The standard InChI is InChI=1S/C43H44N4O/c1-25(2)37-24-38(26(3)4)29(7)42(28(37)6)43-30(8)45-47(31(43)9)32-13-12-14-33(22-32)48-34-17-18-36-35-15-10-11-16-39(35)46(40(36)23-34)41-21-27(5)19-20-44-41/h10-26H,1-9H3. The molecule has 0 radical (unpaired) electrons. The van der Waals surface area contributed by atoms with E-state index in [4.69, 9.17) is 14.8 Å². The zero-order valence-corrected chi connectivity index (χ0v) is 29.5. The molecule has 3 aromatic heterocycles. The van der Waals surface area contributed by atoms with Gasteiger partial charge in [0.15, 0.2) is 0 Å². The number of pyridine rings is 1. The molecule has 0 saturated carbocycles. The Morgan fingerprint density at radius 1 is 0.625 bits per heavy atom. The van der Waals surface area contributed by atoms with Crippen LogP contribution in [0.4, 0.5) is 0 Å². The van der Waals surface area contributed by atoms with Gasteiger partial charge in [-0.05, 0) is 122 Å². The van der Waals surface area contributed by atoms with Crippen LogP contribution in [0.3, 0.4) is 0 Å². The first kappa shape index (κ1) is 31.4. The summed E-state index contributed by atoms with van der Waals surface area (Å²) in [5.41, 5.74) is 14.5. The summed E-state index contributed by atoms with van der Waals surface area (Å²) < 4.78 is 10.9. The van der Waals surface area contributed by atoms with Crippen LogP contribution in [0.2, 0.25) is 0 Å². The average Bonchev–Trinajstić information content (AvgIpc) is 3.54. The number of hydrogen-bond acceptors (Lipinski definition) is 3. The Kier molecular flexibility index (Phi) is 7.95. The van der Waals surface area contributed by atoms with Crippen LogP contribution >= 0.6 is 0 Å². The van der Waals surface area contributed by atoms with Crippen LogP contribution in [0, 0.1) is 34.6 Å². The van der Waals surface area contributed by atoms with Gasteiger partial charge in [0, 0.05) is 40.4 Å². The molecule has 0 amide bonds. The highest BCUT2D eigenvalue weighted by Crippen LogP contribution is 2.41. The van der Waals surface area contributed by atoms with Crippen molar-refractivity contribution in [2.24, 2.45) is 0 Å². The lowest BCUT2D eigenvalue weighted by Crippen LogP contribution is -2.05. The van der Waals surface area contributed by atoms with Crippen LogP contribution < -0.4 is 4.74 Å². The molecule has 0 unspecified atom stereocenters. The maximum Gasteiger partial charge on any atom is 0.137 e. The smallest absolute Gasteiger partial charge is 0.137 e. The van der Waals surface area contributed by atoms with E-state index >= 15 is 0 Å². The summed E-state index contributed by atoms with van der Waals surface area (Å²) in [5, 5.41) is 7.46. The van der Waals surface area contributed by atoms with Crippen LogP contribution in [0.25, 0.3) is 44.4 Å². The van der Waals surface area contributed by atoms with Crippen molar-refractivity contribution in [2.75, 3.05) is 0 Å². The summed E-state index contributed by atoms with van der Waals surface area (Å²) in [7, 11) is 0. The van der Waals surface area contributed by atoms with E-state index in [-0.39, 0.29) is 0 Å². The molecule has 4 aromatic carbocycles. The van der Waals surface area contributed by atoms with Crippen molar-refractivity contribution >= 4 is 21.8 Å². The van der Waals surface area contributed by atoms with Crippen molar-refractivity contribution < 1.29 is 4.74 Å². The summed E-state index contributed by atoms with van der Waals surface area (Å²) in [6.45, 7) is 20.1. The molecule has 48 heavy (non-hydrogen) atoms. The molecule has 0 fully saturated rings. The third-order valence-corrected chi connectivity index (χ3v) is 9.79. The fourth-order valence-electron chi connectivity index (χ4n) is 7.50. The summed E-state index contributed by atoms with van der Waals surface area (Å²) >= 11 is 0. The molecule has 0 atom stereocenters. The van der Waals surface area contributed by atoms with Crippen molar-refractivity contribution in [2.45, 2.75) is 74.1 Å². The third kappa shape index (κ3) is 5.28. The molecule has 5 heteroatoms. The first-order valence-corrected chi connectivity index (χ1v) is 17.0. The Hall–Kier alpha value is -5.16. The van der Waals surface area contributed by atoms with Gasteiger partial charge in [-0.25, -0.2) is 9.67 Å². The molecule has 0 saturated heterocycles. The van der Waals surface area contributed by atoms with Gasteiger partial charge in [0.1, 0.15) is 17.3 Å². The summed E-state index contributed by atoms with van der Waals surface area (Å²) in [4.78, 5) is 4.73. The molecule has 0 spiro atoms. The second-order valence-corrected chi connectivity index (χ2v) is 13.8. The second-order valence-electron chi connectivity index (χ2n) is 13.8. The monoisotopic (exact) mass is 632 g/mol. The molecule has 0 aliphatic rings. The molecule has 0 N–H and O–H groups in total. The number of ether oxygens (including phenoxy) is 1. The Morgan fingerprint density at radius 2 is 1.31 bits per heavy atom. The van der Waals surface area contributed by atoms with Gasteiger partial charge in [-0.2, -0.15) is 5.10 Å². The Bertz CT molecular complexity index is 2300. The number of para-hydroxylation sites is 1. The highest BCUT2D eigenvalue weighted by Gasteiger charge is 2.23. The third-order valence-electron chi connectivity index (χ3n) is 9.79. The lowest BCUT2D eigenvalue weighted by Gasteiger charge is -2.23. The van der Waals surface area contributed by atoms with Gasteiger partial charge in [0.2, 0.25) is 0 Å².